The van der Waals surface area contributed by atoms with Gasteiger partial charge in [0.15, 0.2) is 5.78 Å². The van der Waals surface area contributed by atoms with E-state index in [2.05, 4.69) is 88.4 Å². The average Bonchev–Trinajstić information content (AvgIpc) is 3.51. The van der Waals surface area contributed by atoms with Crippen LogP contribution in [0.4, 0.5) is 0 Å². The molecule has 5 heteroatoms. The van der Waals surface area contributed by atoms with Crippen molar-refractivity contribution in [1.29, 1.82) is 0 Å². The Kier molecular flexibility index (Phi) is 8.03. The Labute approximate surface area is 276 Å². The average molecular weight is 627 g/mol. The van der Waals surface area contributed by atoms with Gasteiger partial charge in [-0.2, -0.15) is 0 Å². The molecule has 0 radical (unpaired) electrons. The van der Waals surface area contributed by atoms with E-state index in [1.54, 1.807) is 0 Å². The molecular formula is C41H54O5. The number of ketones is 1. The van der Waals surface area contributed by atoms with Crippen LogP contribution in [0.2, 0.25) is 0 Å². The van der Waals surface area contributed by atoms with E-state index in [1.165, 1.54) is 30.4 Å². The standard InChI is InChI=1S/C41H54O5/c1-26-19-36(42)41(45-23-26)27(2)37-34(46-41)21-33-32-16-15-30-20-31(43-24-28-11-7-5-8-12-28)17-18-39(30,3)38(32)35(22-40(33,37)4)44-25-29-13-9-6-10-14-29/h5-14,26-27,30-35,37-38H,15-25H2,1-4H3/t26-,27+,30+,31-,32+,33+,34+,35+,37+,38-,39+,40+,41+/m1/s1. The van der Waals surface area contributed by atoms with Crippen LogP contribution in [0.3, 0.4) is 0 Å². The third kappa shape index (κ3) is 4.97. The van der Waals surface area contributed by atoms with Gasteiger partial charge >= 0.3 is 0 Å². The van der Waals surface area contributed by atoms with E-state index in [0.29, 0.717) is 61.9 Å². The fraction of sp³-hybridized carbons (Fsp3) is 0.683. The van der Waals surface area contributed by atoms with Crippen molar-refractivity contribution in [1.82, 2.24) is 0 Å². The predicted octanol–water partition coefficient (Wildman–Crippen LogP) is 8.39. The van der Waals surface area contributed by atoms with Gasteiger partial charge in [-0.05, 0) is 102 Å². The summed E-state index contributed by atoms with van der Waals surface area (Å²) >= 11 is 0. The molecule has 8 rings (SSSR count). The molecule has 0 aromatic heterocycles. The minimum atomic E-state index is -1.05. The fourth-order valence-electron chi connectivity index (χ4n) is 12.1. The van der Waals surface area contributed by atoms with E-state index >= 15 is 0 Å². The lowest BCUT2D eigenvalue weighted by molar-refractivity contribution is -0.254. The van der Waals surface area contributed by atoms with Crippen molar-refractivity contribution in [3.05, 3.63) is 71.8 Å². The van der Waals surface area contributed by atoms with Crippen LogP contribution in [-0.4, -0.2) is 36.5 Å². The Morgan fingerprint density at radius 2 is 1.52 bits per heavy atom. The van der Waals surface area contributed by atoms with Crippen LogP contribution >= 0.6 is 0 Å². The number of hydrogen-bond acceptors (Lipinski definition) is 5. The molecule has 13 atom stereocenters. The van der Waals surface area contributed by atoms with Crippen molar-refractivity contribution in [3.8, 4) is 0 Å². The number of ether oxygens (including phenoxy) is 4. The highest BCUT2D eigenvalue weighted by molar-refractivity contribution is 5.87. The SMILES string of the molecule is C[C@H]1CO[C@@]2(O[C@H]3C[C@H]4[C@@H]5CC[C@H]6C[C@H](OCc7ccccc7)CC[C@]6(C)[C@H]5[C@@H](OCc5ccccc5)C[C@]4(C)[C@H]3[C@@H]2C)C(=O)C1. The van der Waals surface area contributed by atoms with Gasteiger partial charge in [-0.1, -0.05) is 88.4 Å². The molecule has 1 spiro atoms. The molecule has 6 aliphatic rings. The van der Waals surface area contributed by atoms with Gasteiger partial charge < -0.3 is 18.9 Å². The van der Waals surface area contributed by atoms with Gasteiger partial charge in [0.2, 0.25) is 5.79 Å². The van der Waals surface area contributed by atoms with E-state index in [4.69, 9.17) is 18.9 Å². The molecule has 6 fully saturated rings. The van der Waals surface area contributed by atoms with Gasteiger partial charge in [0.1, 0.15) is 0 Å². The number of carbonyl (C=O) groups excluding carboxylic acids is 1. The first kappa shape index (κ1) is 31.2. The Morgan fingerprint density at radius 1 is 0.826 bits per heavy atom. The minimum Gasteiger partial charge on any atom is -0.374 e. The number of fused-ring (bicyclic) bond motifs is 7. The van der Waals surface area contributed by atoms with Crippen LogP contribution < -0.4 is 0 Å². The topological polar surface area (TPSA) is 54.0 Å². The van der Waals surface area contributed by atoms with Gasteiger partial charge in [-0.25, -0.2) is 0 Å². The molecule has 4 saturated carbocycles. The van der Waals surface area contributed by atoms with Crippen LogP contribution in [0.5, 0.6) is 0 Å². The summed E-state index contributed by atoms with van der Waals surface area (Å²) < 4.78 is 27.0. The molecule has 46 heavy (non-hydrogen) atoms. The van der Waals surface area contributed by atoms with E-state index in [-0.39, 0.29) is 40.7 Å². The van der Waals surface area contributed by atoms with Crippen molar-refractivity contribution in [2.24, 2.45) is 52.3 Å². The van der Waals surface area contributed by atoms with Crippen LogP contribution in [0, 0.1) is 52.3 Å². The quantitative estimate of drug-likeness (QED) is 0.322. The lowest BCUT2D eigenvalue weighted by atomic mass is 9.43. The van der Waals surface area contributed by atoms with Crippen LogP contribution in [0.15, 0.2) is 60.7 Å². The van der Waals surface area contributed by atoms with Crippen molar-refractivity contribution < 1.29 is 23.7 Å². The molecule has 0 unspecified atom stereocenters. The number of benzene rings is 2. The first-order chi connectivity index (χ1) is 22.2. The maximum Gasteiger partial charge on any atom is 0.232 e. The number of Topliss-reactive ketones (excluding diaryl/α,β-unsaturated/α-hetero) is 1. The normalized spacial score (nSPS) is 46.4. The van der Waals surface area contributed by atoms with Gasteiger partial charge in [-0.15, -0.1) is 0 Å². The van der Waals surface area contributed by atoms with Gasteiger partial charge in [0.25, 0.3) is 0 Å². The molecule has 0 N–H and O–H groups in total. The van der Waals surface area contributed by atoms with Crippen LogP contribution in [0.25, 0.3) is 0 Å². The zero-order valence-electron chi connectivity index (χ0n) is 28.4. The Morgan fingerprint density at radius 3 is 2.22 bits per heavy atom. The zero-order chi connectivity index (χ0) is 31.7. The summed E-state index contributed by atoms with van der Waals surface area (Å²) in [6.07, 6.45) is 9.28. The summed E-state index contributed by atoms with van der Waals surface area (Å²) in [7, 11) is 0. The molecule has 2 aliphatic heterocycles. The maximum absolute atomic E-state index is 13.6. The van der Waals surface area contributed by atoms with Crippen molar-refractivity contribution in [2.45, 2.75) is 116 Å². The minimum absolute atomic E-state index is 0.0575. The van der Waals surface area contributed by atoms with Crippen molar-refractivity contribution in [3.63, 3.8) is 0 Å². The lowest BCUT2D eigenvalue weighted by Gasteiger charge is -2.63. The summed E-state index contributed by atoms with van der Waals surface area (Å²) in [6, 6.07) is 21.3. The van der Waals surface area contributed by atoms with Crippen LogP contribution in [0.1, 0.15) is 90.2 Å². The highest BCUT2D eigenvalue weighted by atomic mass is 16.7. The summed E-state index contributed by atoms with van der Waals surface area (Å²) in [5.74, 6) is 2.14. The summed E-state index contributed by atoms with van der Waals surface area (Å²) in [5, 5.41) is 0. The Balaban J connectivity index is 1.06. The van der Waals surface area contributed by atoms with Gasteiger partial charge in [-0.3, -0.25) is 4.79 Å². The molecule has 2 saturated heterocycles. The van der Waals surface area contributed by atoms with Gasteiger partial charge in [0.05, 0.1) is 38.1 Å². The second-order valence-electron chi connectivity index (χ2n) is 16.7. The van der Waals surface area contributed by atoms with Gasteiger partial charge in [0, 0.05) is 12.3 Å². The smallest absolute Gasteiger partial charge is 0.232 e. The highest BCUT2D eigenvalue weighted by Crippen LogP contribution is 2.71. The molecule has 2 aromatic carbocycles. The summed E-state index contributed by atoms with van der Waals surface area (Å²) in [5.41, 5.74) is 2.81. The summed E-state index contributed by atoms with van der Waals surface area (Å²) in [4.78, 5) is 13.6. The predicted molar refractivity (Wildman–Crippen MR) is 178 cm³/mol. The maximum atomic E-state index is 13.6. The zero-order valence-corrected chi connectivity index (χ0v) is 28.4. The first-order valence-electron chi connectivity index (χ1n) is 18.4. The van der Waals surface area contributed by atoms with E-state index in [9.17, 15) is 4.79 Å². The number of hydrogen-bond donors (Lipinski definition) is 0. The molecule has 4 aliphatic carbocycles. The second-order valence-corrected chi connectivity index (χ2v) is 16.7. The molecule has 2 aromatic rings. The third-order valence-electron chi connectivity index (χ3n) is 14.2. The first-order valence-corrected chi connectivity index (χ1v) is 18.4. The number of carbonyl (C=O) groups is 1. The molecule has 248 valence electrons. The lowest BCUT2D eigenvalue weighted by Crippen LogP contribution is -2.60. The molecule has 0 bridgehead atoms. The van der Waals surface area contributed by atoms with Crippen molar-refractivity contribution >= 4 is 5.78 Å². The Bertz CT molecular complexity index is 1400. The molecule has 0 amide bonds. The van der Waals surface area contributed by atoms with E-state index in [1.807, 2.05) is 0 Å². The van der Waals surface area contributed by atoms with Crippen LogP contribution in [-0.2, 0) is 37.0 Å². The third-order valence-corrected chi connectivity index (χ3v) is 14.2. The summed E-state index contributed by atoms with van der Waals surface area (Å²) in [6.45, 7) is 11.5. The highest BCUT2D eigenvalue weighted by Gasteiger charge is 2.72. The second kappa shape index (κ2) is 11.8. The molecular weight excluding hydrogens is 572 g/mol. The largest absolute Gasteiger partial charge is 0.374 e. The molecule has 2 heterocycles. The van der Waals surface area contributed by atoms with Crippen molar-refractivity contribution in [2.75, 3.05) is 6.61 Å². The fourth-order valence-corrected chi connectivity index (χ4v) is 12.1. The monoisotopic (exact) mass is 626 g/mol. The number of rotatable bonds is 6. The Hall–Kier alpha value is -2.05. The molecule has 5 nitrogen and oxygen atoms in total. The van der Waals surface area contributed by atoms with E-state index in [0.717, 1.165) is 25.7 Å². The van der Waals surface area contributed by atoms with E-state index < -0.39 is 5.79 Å².